The Bertz CT molecular complexity index is 1660. The van der Waals surface area contributed by atoms with Crippen LogP contribution in [0.3, 0.4) is 0 Å². The minimum atomic E-state index is -3.80. The summed E-state index contributed by atoms with van der Waals surface area (Å²) in [6.07, 6.45) is -0.280. The molecule has 1 aromatic heterocycles. The van der Waals surface area contributed by atoms with Crippen LogP contribution >= 0.6 is 11.3 Å². The lowest BCUT2D eigenvalue weighted by molar-refractivity contribution is -0.202. The second-order valence-electron chi connectivity index (χ2n) is 12.8. The molecule has 0 fully saturated rings. The molecular formula is C31H42N6O7S2. The Kier molecular flexibility index (Phi) is 11.1. The van der Waals surface area contributed by atoms with E-state index in [1.54, 1.807) is 65.8 Å². The smallest absolute Gasteiger partial charge is 0.387 e. The molecule has 1 atom stereocenters. The largest absolute Gasteiger partial charge is 0.412 e. The monoisotopic (exact) mass is 674 g/mol. The SMILES string of the molecule is CC(=O)Nc1nc(CCc2ccc(NC(OC(N)=O)(OC(=O)NC(C)(C)C)C(C)(C)C)cc2)c(Cc2ccc(S(N)(=O)=O)cc2)s1. The van der Waals surface area contributed by atoms with Crippen LogP contribution in [0.1, 0.15) is 70.2 Å². The molecule has 3 aromatic rings. The zero-order valence-corrected chi connectivity index (χ0v) is 28.6. The van der Waals surface area contributed by atoms with E-state index in [4.69, 9.17) is 20.3 Å². The summed E-state index contributed by atoms with van der Waals surface area (Å²) in [6, 6.07) is 13.6. The Morgan fingerprint density at radius 2 is 1.48 bits per heavy atom. The van der Waals surface area contributed by atoms with E-state index in [-0.39, 0.29) is 10.8 Å². The number of hydrogen-bond acceptors (Lipinski definition) is 10. The van der Waals surface area contributed by atoms with Crippen molar-refractivity contribution in [3.63, 3.8) is 0 Å². The van der Waals surface area contributed by atoms with Crippen molar-refractivity contribution in [3.8, 4) is 0 Å². The maximum atomic E-state index is 12.8. The Labute approximate surface area is 273 Å². The zero-order chi connectivity index (χ0) is 34.5. The van der Waals surface area contributed by atoms with Gasteiger partial charge in [-0.25, -0.2) is 28.1 Å². The van der Waals surface area contributed by atoms with E-state index in [0.717, 1.165) is 21.7 Å². The second kappa shape index (κ2) is 14.1. The van der Waals surface area contributed by atoms with Crippen molar-refractivity contribution in [1.29, 1.82) is 0 Å². The minimum Gasteiger partial charge on any atom is -0.387 e. The van der Waals surface area contributed by atoms with Gasteiger partial charge in [-0.05, 0) is 69.0 Å². The predicted molar refractivity (Wildman–Crippen MR) is 177 cm³/mol. The molecular weight excluding hydrogens is 633 g/mol. The summed E-state index contributed by atoms with van der Waals surface area (Å²) in [5, 5.41) is 14.2. The number of nitrogens with one attached hydrogen (secondary N) is 3. The van der Waals surface area contributed by atoms with Gasteiger partial charge in [-0.15, -0.1) is 11.3 Å². The molecule has 15 heteroatoms. The molecule has 1 unspecified atom stereocenters. The van der Waals surface area contributed by atoms with Gasteiger partial charge in [0.1, 0.15) is 0 Å². The molecule has 0 saturated carbocycles. The molecule has 7 N–H and O–H groups in total. The second-order valence-corrected chi connectivity index (χ2v) is 15.5. The van der Waals surface area contributed by atoms with Crippen molar-refractivity contribution in [3.05, 3.63) is 70.2 Å². The fourth-order valence-electron chi connectivity index (χ4n) is 4.28. The quantitative estimate of drug-likeness (QED) is 0.176. The Hall–Kier alpha value is -4.21. The van der Waals surface area contributed by atoms with Crippen LogP contribution in [0.25, 0.3) is 0 Å². The molecule has 3 amide bonds. The average Bonchev–Trinajstić information content (AvgIpc) is 3.25. The predicted octanol–water partition coefficient (Wildman–Crippen LogP) is 4.86. The number of primary sulfonamides is 1. The lowest BCUT2D eigenvalue weighted by Gasteiger charge is -2.42. The van der Waals surface area contributed by atoms with Crippen molar-refractivity contribution < 1.29 is 32.3 Å². The number of anilines is 2. The van der Waals surface area contributed by atoms with Crippen LogP contribution in [0.15, 0.2) is 53.4 Å². The summed E-state index contributed by atoms with van der Waals surface area (Å²) in [5.74, 6) is -2.17. The maximum Gasteiger partial charge on any atom is 0.412 e. The molecule has 0 aliphatic rings. The van der Waals surface area contributed by atoms with Crippen LogP contribution in [-0.2, 0) is 43.6 Å². The highest BCUT2D eigenvalue weighted by molar-refractivity contribution is 7.89. The number of aromatic nitrogens is 1. The van der Waals surface area contributed by atoms with Gasteiger partial charge < -0.3 is 31.2 Å². The van der Waals surface area contributed by atoms with Gasteiger partial charge in [0.15, 0.2) is 5.13 Å². The number of benzene rings is 2. The summed E-state index contributed by atoms with van der Waals surface area (Å²) in [4.78, 5) is 42.0. The van der Waals surface area contributed by atoms with Gasteiger partial charge in [0, 0.05) is 29.4 Å². The van der Waals surface area contributed by atoms with Crippen LogP contribution < -0.4 is 26.8 Å². The van der Waals surface area contributed by atoms with Gasteiger partial charge in [0.2, 0.25) is 15.9 Å². The molecule has 2 aromatic carbocycles. The number of carbonyl (C=O) groups excluding carboxylic acids is 3. The number of aryl methyl sites for hydroxylation is 2. The number of nitrogens with two attached hydrogens (primary N) is 2. The third kappa shape index (κ3) is 10.4. The first-order chi connectivity index (χ1) is 21.2. The first kappa shape index (κ1) is 36.3. The number of amides is 3. The average molecular weight is 675 g/mol. The lowest BCUT2D eigenvalue weighted by Crippen LogP contribution is -2.59. The molecule has 1 heterocycles. The third-order valence-corrected chi connectivity index (χ3v) is 8.48. The third-order valence-electron chi connectivity index (χ3n) is 6.54. The Balaban J connectivity index is 1.81. The molecule has 3 rings (SSSR count). The molecule has 0 spiro atoms. The van der Waals surface area contributed by atoms with Gasteiger partial charge in [0.25, 0.3) is 0 Å². The van der Waals surface area contributed by atoms with Crippen LogP contribution in [0.5, 0.6) is 0 Å². The number of thiazole rings is 1. The van der Waals surface area contributed by atoms with E-state index in [9.17, 15) is 22.8 Å². The molecule has 13 nitrogen and oxygen atoms in total. The lowest BCUT2D eigenvalue weighted by atomic mass is 9.90. The summed E-state index contributed by atoms with van der Waals surface area (Å²) in [6.45, 7) is 12.0. The Morgan fingerprint density at radius 3 is 1.98 bits per heavy atom. The maximum absolute atomic E-state index is 12.8. The highest BCUT2D eigenvalue weighted by atomic mass is 32.2. The fourth-order valence-corrected chi connectivity index (χ4v) is 5.88. The molecule has 46 heavy (non-hydrogen) atoms. The van der Waals surface area contributed by atoms with Crippen LogP contribution in [0.4, 0.5) is 20.4 Å². The van der Waals surface area contributed by atoms with Crippen molar-refractivity contribution in [2.75, 3.05) is 10.6 Å². The number of hydrogen-bond donors (Lipinski definition) is 5. The van der Waals surface area contributed by atoms with Crippen molar-refractivity contribution in [2.45, 2.75) is 84.1 Å². The van der Waals surface area contributed by atoms with Crippen LogP contribution in [0, 0.1) is 5.41 Å². The topological polar surface area (TPSA) is 205 Å². The minimum absolute atomic E-state index is 0.0262. The zero-order valence-electron chi connectivity index (χ0n) is 27.0. The first-order valence-electron chi connectivity index (χ1n) is 14.4. The summed E-state index contributed by atoms with van der Waals surface area (Å²) >= 11 is 1.36. The van der Waals surface area contributed by atoms with Gasteiger partial charge in [0.05, 0.1) is 16.0 Å². The standard InChI is InChI=1S/C31H42N6O7S2/c1-19(38)34-27-35-24(25(45-27)18-21-10-15-23(16-11-21)46(33,41)42)17-12-20-8-13-22(14-9-20)36-31(29(2,3)4,43-26(32)39)44-28(40)37-30(5,6)7/h8-11,13-16,36H,12,17-18H2,1-7H3,(H2,32,39)(H,37,40)(H2,33,41,42)(H,34,35,38). The van der Waals surface area contributed by atoms with E-state index < -0.39 is 39.1 Å². The molecule has 250 valence electrons. The summed E-state index contributed by atoms with van der Waals surface area (Å²) < 4.78 is 34.3. The van der Waals surface area contributed by atoms with E-state index in [1.807, 2.05) is 12.1 Å². The Morgan fingerprint density at radius 1 is 0.891 bits per heavy atom. The summed E-state index contributed by atoms with van der Waals surface area (Å²) in [7, 11) is -3.80. The number of nitrogens with zero attached hydrogens (tertiary/aromatic N) is 1. The molecule has 0 saturated heterocycles. The number of alkyl carbamates (subject to hydrolysis) is 1. The molecule has 0 bridgehead atoms. The van der Waals surface area contributed by atoms with E-state index in [0.29, 0.717) is 30.1 Å². The molecule has 0 aliphatic carbocycles. The summed E-state index contributed by atoms with van der Waals surface area (Å²) in [5.41, 5.74) is 6.98. The van der Waals surface area contributed by atoms with Gasteiger partial charge in [-0.3, -0.25) is 4.79 Å². The highest BCUT2D eigenvalue weighted by Gasteiger charge is 2.50. The van der Waals surface area contributed by atoms with Crippen molar-refractivity contribution >= 4 is 50.3 Å². The van der Waals surface area contributed by atoms with Crippen molar-refractivity contribution in [1.82, 2.24) is 10.3 Å². The molecule has 0 radical (unpaired) electrons. The first-order valence-corrected chi connectivity index (χ1v) is 16.8. The molecule has 0 aliphatic heterocycles. The number of rotatable bonds is 11. The number of primary amides is 1. The number of ether oxygens (including phenoxy) is 2. The fraction of sp³-hybridized carbons (Fsp3) is 0.419. The highest BCUT2D eigenvalue weighted by Crippen LogP contribution is 2.37. The van der Waals surface area contributed by atoms with E-state index in [2.05, 4.69) is 20.9 Å². The van der Waals surface area contributed by atoms with Crippen molar-refractivity contribution in [2.24, 2.45) is 16.3 Å². The van der Waals surface area contributed by atoms with Gasteiger partial charge in [-0.2, -0.15) is 0 Å². The van der Waals surface area contributed by atoms with Crippen LogP contribution in [0.2, 0.25) is 0 Å². The van der Waals surface area contributed by atoms with E-state index >= 15 is 0 Å². The number of sulfonamides is 1. The van der Waals surface area contributed by atoms with E-state index in [1.165, 1.54) is 30.4 Å². The number of carbonyl (C=O) groups is 3. The normalized spacial score (nSPS) is 13.3. The van der Waals surface area contributed by atoms with Crippen LogP contribution in [-0.4, -0.2) is 42.9 Å². The van der Waals surface area contributed by atoms with Gasteiger partial charge >= 0.3 is 18.1 Å². The van der Waals surface area contributed by atoms with Gasteiger partial charge in [-0.1, -0.05) is 45.0 Å².